The van der Waals surface area contributed by atoms with E-state index in [-0.39, 0.29) is 0 Å². The van der Waals surface area contributed by atoms with E-state index >= 15 is 0 Å². The number of hydrogen-bond acceptors (Lipinski definition) is 2. The lowest BCUT2D eigenvalue weighted by Crippen LogP contribution is -1.90. The van der Waals surface area contributed by atoms with E-state index in [0.717, 1.165) is 21.6 Å². The first kappa shape index (κ1) is 10.2. The van der Waals surface area contributed by atoms with Gasteiger partial charge in [-0.2, -0.15) is 0 Å². The molecule has 0 amide bonds. The molecule has 0 aliphatic heterocycles. The fourth-order valence-electron chi connectivity index (χ4n) is 1.36. The zero-order valence-electron chi connectivity index (χ0n) is 8.33. The van der Waals surface area contributed by atoms with E-state index in [2.05, 4.69) is 25.9 Å². The highest BCUT2D eigenvalue weighted by atomic mass is 79.9. The predicted molar refractivity (Wildman–Crippen MR) is 62.9 cm³/mol. The van der Waals surface area contributed by atoms with E-state index in [1.807, 2.05) is 31.2 Å². The molecule has 0 saturated heterocycles. The molecule has 1 aromatic heterocycles. The molecule has 2 rings (SSSR count). The van der Waals surface area contributed by atoms with Crippen molar-refractivity contribution in [3.63, 3.8) is 0 Å². The average Bonchev–Trinajstić information content (AvgIpc) is 2.66. The van der Waals surface area contributed by atoms with Gasteiger partial charge in [0.2, 0.25) is 0 Å². The van der Waals surface area contributed by atoms with Gasteiger partial charge < -0.3 is 9.72 Å². The summed E-state index contributed by atoms with van der Waals surface area (Å²) in [5.74, 6) is 0.882. The number of nitrogens with one attached hydrogen (secondary N) is 1. The monoisotopic (exact) mass is 266 g/mol. The second-order valence-electron chi connectivity index (χ2n) is 3.02. The Morgan fingerprint density at radius 1 is 1.33 bits per heavy atom. The second kappa shape index (κ2) is 4.49. The van der Waals surface area contributed by atoms with Gasteiger partial charge in [0, 0.05) is 5.56 Å². The molecule has 1 aromatic carbocycles. The highest BCUT2D eigenvalue weighted by Crippen LogP contribution is 2.26. The third-order valence-corrected chi connectivity index (χ3v) is 2.64. The van der Waals surface area contributed by atoms with E-state index in [4.69, 9.17) is 4.74 Å². The fourth-order valence-corrected chi connectivity index (χ4v) is 1.79. The van der Waals surface area contributed by atoms with Gasteiger partial charge in [-0.25, -0.2) is 4.98 Å². The van der Waals surface area contributed by atoms with Gasteiger partial charge in [-0.1, -0.05) is 0 Å². The number of rotatable bonds is 3. The number of nitrogens with zero attached hydrogens (tertiary/aromatic N) is 1. The van der Waals surface area contributed by atoms with Crippen molar-refractivity contribution >= 4 is 15.9 Å². The third-order valence-electron chi connectivity index (χ3n) is 2.03. The van der Waals surface area contributed by atoms with Crippen molar-refractivity contribution in [1.29, 1.82) is 0 Å². The molecule has 0 bridgehead atoms. The average molecular weight is 267 g/mol. The van der Waals surface area contributed by atoms with Gasteiger partial charge in [0.05, 0.1) is 12.9 Å². The Kier molecular flexibility index (Phi) is 3.06. The van der Waals surface area contributed by atoms with E-state index in [9.17, 15) is 0 Å². The van der Waals surface area contributed by atoms with E-state index in [1.54, 1.807) is 6.33 Å². The molecule has 0 saturated carbocycles. The summed E-state index contributed by atoms with van der Waals surface area (Å²) in [6, 6.07) is 7.87. The minimum atomic E-state index is 0.686. The molecule has 0 radical (unpaired) electrons. The van der Waals surface area contributed by atoms with Gasteiger partial charge in [0.25, 0.3) is 0 Å². The molecule has 0 atom stereocenters. The summed E-state index contributed by atoms with van der Waals surface area (Å²) >= 11 is 3.40. The number of aromatic amines is 1. The summed E-state index contributed by atoms with van der Waals surface area (Å²) in [5, 5.41) is 0. The molecule has 0 spiro atoms. The number of aromatic nitrogens is 2. The number of H-pyrrole nitrogens is 1. The number of halogens is 1. The Labute approximate surface area is 96.6 Å². The first-order valence-electron chi connectivity index (χ1n) is 4.73. The molecule has 4 heteroatoms. The van der Waals surface area contributed by atoms with Crippen molar-refractivity contribution in [2.24, 2.45) is 0 Å². The minimum absolute atomic E-state index is 0.686. The van der Waals surface area contributed by atoms with Crippen molar-refractivity contribution in [2.75, 3.05) is 6.61 Å². The van der Waals surface area contributed by atoms with Crippen LogP contribution in [0.3, 0.4) is 0 Å². The van der Waals surface area contributed by atoms with Crippen LogP contribution in [0.1, 0.15) is 6.92 Å². The molecule has 0 aliphatic rings. The molecule has 1 N–H and O–H groups in total. The van der Waals surface area contributed by atoms with Crippen molar-refractivity contribution in [3.8, 4) is 17.0 Å². The Balaban J connectivity index is 2.28. The van der Waals surface area contributed by atoms with Crippen molar-refractivity contribution in [2.45, 2.75) is 6.92 Å². The predicted octanol–water partition coefficient (Wildman–Crippen LogP) is 3.24. The molecular weight excluding hydrogens is 256 g/mol. The van der Waals surface area contributed by atoms with Crippen molar-refractivity contribution < 1.29 is 4.74 Å². The summed E-state index contributed by atoms with van der Waals surface area (Å²) in [7, 11) is 0. The lowest BCUT2D eigenvalue weighted by molar-refractivity contribution is 0.340. The standard InChI is InChI=1S/C11H11BrN2O/c1-2-15-9-5-3-8(4-6-9)10-11(12)14-7-13-10/h3-7H,2H2,1H3,(H,13,14). The van der Waals surface area contributed by atoms with E-state index in [0.29, 0.717) is 6.61 Å². The Morgan fingerprint density at radius 3 is 2.60 bits per heavy atom. The zero-order chi connectivity index (χ0) is 10.7. The quantitative estimate of drug-likeness (QED) is 0.927. The van der Waals surface area contributed by atoms with Crippen LogP contribution in [0.25, 0.3) is 11.3 Å². The molecular formula is C11H11BrN2O. The molecule has 2 aromatic rings. The van der Waals surface area contributed by atoms with Crippen LogP contribution in [0.15, 0.2) is 35.2 Å². The maximum Gasteiger partial charge on any atom is 0.119 e. The Bertz CT molecular complexity index is 436. The molecule has 78 valence electrons. The van der Waals surface area contributed by atoms with Crippen LogP contribution in [0, 0.1) is 0 Å². The maximum absolute atomic E-state index is 5.37. The van der Waals surface area contributed by atoms with Crippen LogP contribution in [0.5, 0.6) is 5.75 Å². The van der Waals surface area contributed by atoms with E-state index < -0.39 is 0 Å². The number of benzene rings is 1. The largest absolute Gasteiger partial charge is 0.494 e. The first-order valence-corrected chi connectivity index (χ1v) is 5.52. The lowest BCUT2D eigenvalue weighted by atomic mass is 10.2. The van der Waals surface area contributed by atoms with Crippen LogP contribution < -0.4 is 4.74 Å². The maximum atomic E-state index is 5.37. The van der Waals surface area contributed by atoms with Crippen LogP contribution in [0.2, 0.25) is 0 Å². The topological polar surface area (TPSA) is 37.9 Å². The zero-order valence-corrected chi connectivity index (χ0v) is 9.91. The Hall–Kier alpha value is -1.29. The molecule has 0 aliphatic carbocycles. The first-order chi connectivity index (χ1) is 7.31. The second-order valence-corrected chi connectivity index (χ2v) is 3.82. The molecule has 3 nitrogen and oxygen atoms in total. The van der Waals surface area contributed by atoms with Gasteiger partial charge >= 0.3 is 0 Å². The SMILES string of the molecule is CCOc1ccc(-c2nc[nH]c2Br)cc1. The van der Waals surface area contributed by atoms with Crippen LogP contribution >= 0.6 is 15.9 Å². The fraction of sp³-hybridized carbons (Fsp3) is 0.182. The lowest BCUT2D eigenvalue weighted by Gasteiger charge is -2.03. The Morgan fingerprint density at radius 2 is 2.07 bits per heavy atom. The van der Waals surface area contributed by atoms with Crippen LogP contribution in [-0.4, -0.2) is 16.6 Å². The van der Waals surface area contributed by atoms with Crippen LogP contribution in [0.4, 0.5) is 0 Å². The number of imidazole rings is 1. The summed E-state index contributed by atoms with van der Waals surface area (Å²) in [6.07, 6.45) is 1.66. The minimum Gasteiger partial charge on any atom is -0.494 e. The van der Waals surface area contributed by atoms with Crippen LogP contribution in [-0.2, 0) is 0 Å². The summed E-state index contributed by atoms with van der Waals surface area (Å²) in [4.78, 5) is 7.20. The normalized spacial score (nSPS) is 10.3. The summed E-state index contributed by atoms with van der Waals surface area (Å²) < 4.78 is 6.26. The highest BCUT2D eigenvalue weighted by Gasteiger charge is 2.05. The molecule has 0 fully saturated rings. The van der Waals surface area contributed by atoms with Gasteiger partial charge in [-0.05, 0) is 47.1 Å². The van der Waals surface area contributed by atoms with Gasteiger partial charge in [0.1, 0.15) is 16.0 Å². The van der Waals surface area contributed by atoms with Crippen molar-refractivity contribution in [1.82, 2.24) is 9.97 Å². The molecule has 1 heterocycles. The van der Waals surface area contributed by atoms with Gasteiger partial charge in [-0.3, -0.25) is 0 Å². The number of hydrogen-bond donors (Lipinski definition) is 1. The molecule has 0 unspecified atom stereocenters. The summed E-state index contributed by atoms with van der Waals surface area (Å²) in [6.45, 7) is 2.66. The van der Waals surface area contributed by atoms with Gasteiger partial charge in [-0.15, -0.1) is 0 Å². The smallest absolute Gasteiger partial charge is 0.119 e. The van der Waals surface area contributed by atoms with E-state index in [1.165, 1.54) is 0 Å². The molecule has 15 heavy (non-hydrogen) atoms. The third kappa shape index (κ3) is 2.21. The van der Waals surface area contributed by atoms with Crippen molar-refractivity contribution in [3.05, 3.63) is 35.2 Å². The summed E-state index contributed by atoms with van der Waals surface area (Å²) in [5.41, 5.74) is 1.98. The highest BCUT2D eigenvalue weighted by molar-refractivity contribution is 9.10. The number of ether oxygens (including phenoxy) is 1. The van der Waals surface area contributed by atoms with Gasteiger partial charge in [0.15, 0.2) is 0 Å².